The summed E-state index contributed by atoms with van der Waals surface area (Å²) in [6.07, 6.45) is 1.71. The Hall–Kier alpha value is -0.703. The summed E-state index contributed by atoms with van der Waals surface area (Å²) in [5.74, 6) is 0.729. The second-order valence-corrected chi connectivity index (χ2v) is 11.2. The lowest BCUT2D eigenvalue weighted by molar-refractivity contribution is 0.356. The summed E-state index contributed by atoms with van der Waals surface area (Å²) in [7, 11) is -1.86. The molecule has 0 N–H and O–H groups in total. The smallest absolute Gasteiger partial charge is 0.273 e. The maximum Gasteiger partial charge on any atom is 0.273 e. The summed E-state index contributed by atoms with van der Waals surface area (Å²) >= 11 is 0. The SMILES string of the molecule is Cc1ccoc1O[Si](C(C)C)(C(C)C)C(C)C. The van der Waals surface area contributed by atoms with Crippen molar-refractivity contribution >= 4 is 8.32 Å². The molecular weight excluding hydrogens is 228 g/mol. The third kappa shape index (κ3) is 2.59. The molecule has 1 rings (SSSR count). The zero-order chi connectivity index (χ0) is 13.2. The average Bonchev–Trinajstić information content (AvgIpc) is 2.58. The summed E-state index contributed by atoms with van der Waals surface area (Å²) in [5, 5.41) is 0. The van der Waals surface area contributed by atoms with Crippen LogP contribution in [0.2, 0.25) is 16.6 Å². The van der Waals surface area contributed by atoms with Crippen LogP contribution in [0, 0.1) is 6.92 Å². The molecule has 0 aromatic carbocycles. The first-order valence-corrected chi connectivity index (χ1v) is 8.69. The number of hydrogen-bond donors (Lipinski definition) is 0. The van der Waals surface area contributed by atoms with Crippen LogP contribution in [0.5, 0.6) is 5.95 Å². The number of rotatable bonds is 5. The summed E-state index contributed by atoms with van der Waals surface area (Å²) in [5.41, 5.74) is 2.83. The Labute approximate surface area is 106 Å². The van der Waals surface area contributed by atoms with Gasteiger partial charge < -0.3 is 8.84 Å². The van der Waals surface area contributed by atoms with Crippen molar-refractivity contribution in [1.29, 1.82) is 0 Å². The van der Waals surface area contributed by atoms with Crippen LogP contribution in [0.1, 0.15) is 47.1 Å². The second kappa shape index (κ2) is 5.30. The van der Waals surface area contributed by atoms with Crippen molar-refractivity contribution in [2.24, 2.45) is 0 Å². The van der Waals surface area contributed by atoms with E-state index in [1.165, 1.54) is 0 Å². The minimum Gasteiger partial charge on any atom is -0.518 e. The first-order chi connectivity index (χ1) is 7.82. The Bertz CT molecular complexity index is 331. The lowest BCUT2D eigenvalue weighted by atomic mass is 10.4. The van der Waals surface area contributed by atoms with E-state index in [0.29, 0.717) is 16.6 Å². The Morgan fingerprint density at radius 3 is 1.76 bits per heavy atom. The van der Waals surface area contributed by atoms with E-state index in [2.05, 4.69) is 41.5 Å². The fourth-order valence-electron chi connectivity index (χ4n) is 2.98. The van der Waals surface area contributed by atoms with Crippen molar-refractivity contribution in [3.8, 4) is 5.95 Å². The van der Waals surface area contributed by atoms with Gasteiger partial charge in [0.25, 0.3) is 14.3 Å². The molecule has 0 unspecified atom stereocenters. The van der Waals surface area contributed by atoms with Crippen molar-refractivity contribution in [1.82, 2.24) is 0 Å². The van der Waals surface area contributed by atoms with E-state index < -0.39 is 8.32 Å². The van der Waals surface area contributed by atoms with Gasteiger partial charge in [-0.3, -0.25) is 0 Å². The molecular formula is C14H26O2Si. The maximum absolute atomic E-state index is 6.43. The van der Waals surface area contributed by atoms with Crippen LogP contribution >= 0.6 is 0 Å². The zero-order valence-corrected chi connectivity index (χ0v) is 13.2. The molecule has 0 aliphatic heterocycles. The predicted octanol–water partition coefficient (Wildman–Crippen LogP) is 5.14. The van der Waals surface area contributed by atoms with Gasteiger partial charge in [-0.25, -0.2) is 0 Å². The first kappa shape index (κ1) is 14.4. The summed E-state index contributed by atoms with van der Waals surface area (Å²) in [6.45, 7) is 15.7. The molecule has 0 aliphatic carbocycles. The highest BCUT2D eigenvalue weighted by Gasteiger charge is 2.47. The zero-order valence-electron chi connectivity index (χ0n) is 12.2. The van der Waals surface area contributed by atoms with E-state index in [9.17, 15) is 0 Å². The molecule has 1 aromatic heterocycles. The van der Waals surface area contributed by atoms with Crippen molar-refractivity contribution in [3.05, 3.63) is 17.9 Å². The Morgan fingerprint density at radius 2 is 1.47 bits per heavy atom. The Morgan fingerprint density at radius 1 is 1.00 bits per heavy atom. The molecule has 0 amide bonds. The van der Waals surface area contributed by atoms with Crippen LogP contribution in [0.25, 0.3) is 0 Å². The normalized spacial score (nSPS) is 12.8. The highest BCUT2D eigenvalue weighted by atomic mass is 28.4. The van der Waals surface area contributed by atoms with Gasteiger partial charge in [-0.05, 0) is 29.6 Å². The number of aryl methyl sites for hydroxylation is 1. The van der Waals surface area contributed by atoms with Gasteiger partial charge in [0, 0.05) is 5.56 Å². The van der Waals surface area contributed by atoms with Crippen molar-refractivity contribution in [2.45, 2.75) is 65.1 Å². The third-order valence-corrected chi connectivity index (χ3v) is 9.74. The monoisotopic (exact) mass is 254 g/mol. The van der Waals surface area contributed by atoms with Gasteiger partial charge in [0.15, 0.2) is 0 Å². The summed E-state index contributed by atoms with van der Waals surface area (Å²) in [6, 6.07) is 1.97. The van der Waals surface area contributed by atoms with Crippen molar-refractivity contribution in [3.63, 3.8) is 0 Å². The molecule has 0 radical (unpaired) electrons. The molecule has 98 valence electrons. The first-order valence-electron chi connectivity index (χ1n) is 6.55. The average molecular weight is 254 g/mol. The van der Waals surface area contributed by atoms with E-state index in [-0.39, 0.29) is 0 Å². The van der Waals surface area contributed by atoms with E-state index >= 15 is 0 Å². The van der Waals surface area contributed by atoms with Gasteiger partial charge in [0.1, 0.15) is 0 Å². The third-order valence-electron chi connectivity index (χ3n) is 3.79. The van der Waals surface area contributed by atoms with Gasteiger partial charge in [-0.15, -0.1) is 0 Å². The van der Waals surface area contributed by atoms with Crippen LogP contribution in [0.4, 0.5) is 0 Å². The van der Waals surface area contributed by atoms with E-state index in [0.717, 1.165) is 11.5 Å². The van der Waals surface area contributed by atoms with Gasteiger partial charge in [0.05, 0.1) is 6.26 Å². The van der Waals surface area contributed by atoms with E-state index in [4.69, 9.17) is 8.84 Å². The summed E-state index contributed by atoms with van der Waals surface area (Å²) < 4.78 is 11.9. The van der Waals surface area contributed by atoms with Crippen molar-refractivity contribution < 1.29 is 8.84 Å². The number of hydrogen-bond acceptors (Lipinski definition) is 2. The molecule has 0 fully saturated rings. The lowest BCUT2D eigenvalue weighted by Crippen LogP contribution is -2.50. The summed E-state index contributed by atoms with van der Waals surface area (Å²) in [4.78, 5) is 0. The highest BCUT2D eigenvalue weighted by molar-refractivity contribution is 6.78. The second-order valence-electron chi connectivity index (χ2n) is 5.81. The Kier molecular flexibility index (Phi) is 4.47. The molecule has 0 aliphatic rings. The minimum absolute atomic E-state index is 0.576. The fraction of sp³-hybridized carbons (Fsp3) is 0.714. The topological polar surface area (TPSA) is 22.4 Å². The lowest BCUT2D eigenvalue weighted by Gasteiger charge is -2.41. The standard InChI is InChI=1S/C14H26O2Si/c1-10(2)17(11(3)4,12(5)6)16-14-13(7)8-9-15-14/h8-12H,1-7H3. The molecule has 0 saturated carbocycles. The van der Waals surface area contributed by atoms with Crippen LogP contribution in [-0.2, 0) is 0 Å². The molecule has 3 heteroatoms. The van der Waals surface area contributed by atoms with E-state index in [1.807, 2.05) is 13.0 Å². The quantitative estimate of drug-likeness (QED) is 0.679. The Balaban J connectivity index is 3.11. The molecule has 1 heterocycles. The molecule has 0 saturated heterocycles. The van der Waals surface area contributed by atoms with E-state index in [1.54, 1.807) is 6.26 Å². The van der Waals surface area contributed by atoms with Crippen LogP contribution in [0.3, 0.4) is 0 Å². The largest absolute Gasteiger partial charge is 0.518 e. The van der Waals surface area contributed by atoms with Crippen LogP contribution in [-0.4, -0.2) is 8.32 Å². The molecule has 17 heavy (non-hydrogen) atoms. The molecule has 0 spiro atoms. The molecule has 0 atom stereocenters. The van der Waals surface area contributed by atoms with Gasteiger partial charge in [-0.1, -0.05) is 41.5 Å². The fourth-order valence-corrected chi connectivity index (χ4v) is 8.21. The van der Waals surface area contributed by atoms with Crippen LogP contribution < -0.4 is 4.43 Å². The molecule has 0 bridgehead atoms. The highest BCUT2D eigenvalue weighted by Crippen LogP contribution is 2.43. The van der Waals surface area contributed by atoms with Gasteiger partial charge in [-0.2, -0.15) is 0 Å². The predicted molar refractivity (Wildman–Crippen MR) is 75.1 cm³/mol. The number of furan rings is 1. The molecule has 1 aromatic rings. The molecule has 2 nitrogen and oxygen atoms in total. The van der Waals surface area contributed by atoms with Crippen LogP contribution in [0.15, 0.2) is 16.7 Å². The van der Waals surface area contributed by atoms with Gasteiger partial charge in [0.2, 0.25) is 0 Å². The maximum atomic E-state index is 6.43. The van der Waals surface area contributed by atoms with Crippen molar-refractivity contribution in [2.75, 3.05) is 0 Å². The minimum atomic E-state index is -1.86. The van der Waals surface area contributed by atoms with Gasteiger partial charge >= 0.3 is 0 Å².